The maximum atomic E-state index is 12.7. The molecule has 0 spiro atoms. The van der Waals surface area contributed by atoms with Crippen LogP contribution in [0, 0.1) is 11.7 Å². The van der Waals surface area contributed by atoms with Gasteiger partial charge in [-0.2, -0.15) is 0 Å². The van der Waals surface area contributed by atoms with Gasteiger partial charge >= 0.3 is 0 Å². The summed E-state index contributed by atoms with van der Waals surface area (Å²) >= 11 is 0. The third kappa shape index (κ3) is 2.86. The minimum atomic E-state index is -0.294. The Bertz CT molecular complexity index is 318. The number of hydrogen-bond donors (Lipinski definition) is 1. The van der Waals surface area contributed by atoms with E-state index >= 15 is 0 Å². The van der Waals surface area contributed by atoms with Gasteiger partial charge in [0, 0.05) is 5.92 Å². The van der Waals surface area contributed by atoms with Gasteiger partial charge in [0.1, 0.15) is 11.7 Å². The van der Waals surface area contributed by atoms with Crippen molar-refractivity contribution in [3.8, 4) is 0 Å². The summed E-state index contributed by atoms with van der Waals surface area (Å²) in [6.07, 6.45) is 0. The molecule has 0 saturated carbocycles. The van der Waals surface area contributed by atoms with Crippen molar-refractivity contribution < 1.29 is 4.39 Å². The molecule has 0 unspecified atom stereocenters. The maximum Gasteiger partial charge on any atom is 0.125 e. The molecule has 0 atom stereocenters. The summed E-state index contributed by atoms with van der Waals surface area (Å²) < 4.78 is 12.7. The Hall–Kier alpha value is -1.38. The molecule has 0 aliphatic rings. The predicted octanol–water partition coefficient (Wildman–Crippen LogP) is 2.47. The van der Waals surface area contributed by atoms with E-state index < -0.39 is 0 Å². The highest BCUT2D eigenvalue weighted by atomic mass is 19.1. The zero-order valence-corrected chi connectivity index (χ0v) is 7.79. The quantitative estimate of drug-likeness (QED) is 0.551. The molecule has 0 heterocycles. The van der Waals surface area contributed by atoms with E-state index in [1.807, 2.05) is 13.8 Å². The van der Waals surface area contributed by atoms with Gasteiger partial charge in [-0.15, -0.1) is 0 Å². The molecule has 3 heteroatoms. The van der Waals surface area contributed by atoms with Crippen LogP contribution in [0.5, 0.6) is 0 Å². The number of nitrogens with zero attached hydrogens (tertiary/aromatic N) is 1. The van der Waals surface area contributed by atoms with E-state index in [1.165, 1.54) is 12.1 Å². The van der Waals surface area contributed by atoms with Crippen LogP contribution in [0.1, 0.15) is 13.8 Å². The average molecular weight is 180 g/mol. The van der Waals surface area contributed by atoms with E-state index in [9.17, 15) is 4.39 Å². The lowest BCUT2D eigenvalue weighted by Gasteiger charge is -2.03. The number of amidine groups is 1. The highest BCUT2D eigenvalue weighted by Gasteiger charge is 1.99. The minimum absolute atomic E-state index is 0.184. The van der Waals surface area contributed by atoms with Crippen molar-refractivity contribution >= 4 is 11.5 Å². The van der Waals surface area contributed by atoms with Crippen molar-refractivity contribution in [2.75, 3.05) is 0 Å². The molecule has 1 rings (SSSR count). The van der Waals surface area contributed by atoms with Crippen LogP contribution in [0.25, 0.3) is 0 Å². The van der Waals surface area contributed by atoms with Gasteiger partial charge < -0.3 is 5.73 Å². The van der Waals surface area contributed by atoms with Crippen LogP contribution in [0.15, 0.2) is 29.3 Å². The number of aliphatic imine (C=N–C) groups is 1. The summed E-state index contributed by atoms with van der Waals surface area (Å²) in [6.45, 7) is 3.89. The van der Waals surface area contributed by atoms with E-state index in [4.69, 9.17) is 5.73 Å². The monoisotopic (exact) mass is 180 g/mol. The summed E-state index contributed by atoms with van der Waals surface area (Å²) in [6, 6.07) is 6.07. The molecule has 0 saturated heterocycles. The Morgan fingerprint density at radius 1 is 1.46 bits per heavy atom. The van der Waals surface area contributed by atoms with Crippen LogP contribution in [0.3, 0.4) is 0 Å². The van der Waals surface area contributed by atoms with Crippen molar-refractivity contribution in [2.24, 2.45) is 16.6 Å². The number of hydrogen-bond acceptors (Lipinski definition) is 1. The van der Waals surface area contributed by atoms with Crippen LogP contribution in [-0.4, -0.2) is 5.84 Å². The second-order valence-electron chi connectivity index (χ2n) is 3.17. The average Bonchev–Trinajstić information content (AvgIpc) is 2.04. The Morgan fingerprint density at radius 2 is 2.15 bits per heavy atom. The Morgan fingerprint density at radius 3 is 2.69 bits per heavy atom. The van der Waals surface area contributed by atoms with Crippen molar-refractivity contribution in [3.05, 3.63) is 30.1 Å². The first kappa shape index (κ1) is 9.71. The molecule has 2 N–H and O–H groups in total. The summed E-state index contributed by atoms with van der Waals surface area (Å²) in [7, 11) is 0. The molecule has 1 aromatic rings. The van der Waals surface area contributed by atoms with Gasteiger partial charge in [0.05, 0.1) is 5.69 Å². The fourth-order valence-corrected chi connectivity index (χ4v) is 0.824. The summed E-state index contributed by atoms with van der Waals surface area (Å²) in [5, 5.41) is 0. The molecule has 1 aromatic carbocycles. The number of nitrogens with two attached hydrogens (primary N) is 1. The molecule has 0 amide bonds. The highest BCUT2D eigenvalue weighted by Crippen LogP contribution is 2.13. The number of benzene rings is 1. The summed E-state index contributed by atoms with van der Waals surface area (Å²) in [5.74, 6) is 0.409. The van der Waals surface area contributed by atoms with Crippen molar-refractivity contribution in [2.45, 2.75) is 13.8 Å². The van der Waals surface area contributed by atoms with E-state index in [0.717, 1.165) is 0 Å². The zero-order chi connectivity index (χ0) is 9.84. The van der Waals surface area contributed by atoms with Crippen LogP contribution in [0.2, 0.25) is 0 Å². The first-order chi connectivity index (χ1) is 6.09. The van der Waals surface area contributed by atoms with Crippen molar-refractivity contribution in [1.82, 2.24) is 0 Å². The van der Waals surface area contributed by atoms with E-state index in [-0.39, 0.29) is 11.7 Å². The molecule has 70 valence electrons. The molecule has 0 aliphatic heterocycles. The van der Waals surface area contributed by atoms with Gasteiger partial charge in [-0.25, -0.2) is 9.38 Å². The van der Waals surface area contributed by atoms with Gasteiger partial charge in [0.25, 0.3) is 0 Å². The van der Waals surface area contributed by atoms with Crippen molar-refractivity contribution in [1.29, 1.82) is 0 Å². The fourth-order valence-electron chi connectivity index (χ4n) is 0.824. The van der Waals surface area contributed by atoms with Crippen molar-refractivity contribution in [3.63, 3.8) is 0 Å². The second kappa shape index (κ2) is 4.03. The molecule has 0 fully saturated rings. The lowest BCUT2D eigenvalue weighted by atomic mass is 10.2. The van der Waals surface area contributed by atoms with E-state index in [2.05, 4.69) is 4.99 Å². The Balaban J connectivity index is 2.91. The summed E-state index contributed by atoms with van der Waals surface area (Å²) in [4.78, 5) is 4.07. The SMILES string of the molecule is CC(C)C(N)=Nc1cccc(F)c1. The summed E-state index contributed by atoms with van der Waals surface area (Å²) in [5.41, 5.74) is 6.19. The first-order valence-corrected chi connectivity index (χ1v) is 4.19. The number of halogens is 1. The standard InChI is InChI=1S/C10H13FN2/c1-7(2)10(12)13-9-5-3-4-8(11)6-9/h3-7H,1-2H3,(H2,12,13). The van der Waals surface area contributed by atoms with Crippen LogP contribution in [0.4, 0.5) is 10.1 Å². The van der Waals surface area contributed by atoms with E-state index in [0.29, 0.717) is 11.5 Å². The lowest BCUT2D eigenvalue weighted by Crippen LogP contribution is -2.17. The van der Waals surface area contributed by atoms with E-state index in [1.54, 1.807) is 12.1 Å². The third-order valence-electron chi connectivity index (χ3n) is 1.66. The number of rotatable bonds is 2. The third-order valence-corrected chi connectivity index (χ3v) is 1.66. The molecule has 0 aliphatic carbocycles. The second-order valence-corrected chi connectivity index (χ2v) is 3.17. The van der Waals surface area contributed by atoms with Crippen LogP contribution in [-0.2, 0) is 0 Å². The Kier molecular flexibility index (Phi) is 3.01. The molecular weight excluding hydrogens is 167 g/mol. The fraction of sp³-hybridized carbons (Fsp3) is 0.300. The molecule has 0 bridgehead atoms. The lowest BCUT2D eigenvalue weighted by molar-refractivity contribution is 0.628. The van der Waals surface area contributed by atoms with Gasteiger partial charge in [-0.3, -0.25) is 0 Å². The maximum absolute atomic E-state index is 12.7. The molecule has 2 nitrogen and oxygen atoms in total. The van der Waals surface area contributed by atoms with Crippen LogP contribution >= 0.6 is 0 Å². The molecule has 0 radical (unpaired) electrons. The van der Waals surface area contributed by atoms with Gasteiger partial charge in [-0.1, -0.05) is 19.9 Å². The predicted molar refractivity (Wildman–Crippen MR) is 52.5 cm³/mol. The first-order valence-electron chi connectivity index (χ1n) is 4.19. The largest absolute Gasteiger partial charge is 0.387 e. The zero-order valence-electron chi connectivity index (χ0n) is 7.79. The van der Waals surface area contributed by atoms with Crippen LogP contribution < -0.4 is 5.73 Å². The smallest absolute Gasteiger partial charge is 0.125 e. The molecular formula is C10H13FN2. The highest BCUT2D eigenvalue weighted by molar-refractivity contribution is 5.84. The van der Waals surface area contributed by atoms with Gasteiger partial charge in [0.2, 0.25) is 0 Å². The minimum Gasteiger partial charge on any atom is -0.387 e. The topological polar surface area (TPSA) is 38.4 Å². The molecule has 0 aromatic heterocycles. The van der Waals surface area contributed by atoms with Gasteiger partial charge in [0.15, 0.2) is 0 Å². The normalized spacial score (nSPS) is 12.2. The Labute approximate surface area is 77.3 Å². The van der Waals surface area contributed by atoms with Gasteiger partial charge in [-0.05, 0) is 18.2 Å². The molecule has 13 heavy (non-hydrogen) atoms.